The molecular weight excluding hydrogens is 364 g/mol. The van der Waals surface area contributed by atoms with Crippen LogP contribution in [-0.2, 0) is 0 Å². The lowest BCUT2D eigenvalue weighted by molar-refractivity contribution is 0.0735. The number of hydrogen-bond donors (Lipinski definition) is 0. The third kappa shape index (κ3) is 3.48. The number of rotatable bonds is 3. The summed E-state index contributed by atoms with van der Waals surface area (Å²) in [5.41, 5.74) is 1.77. The van der Waals surface area contributed by atoms with E-state index in [9.17, 15) is 9.59 Å². The molecule has 0 spiro atoms. The molecule has 0 bridgehead atoms. The van der Waals surface area contributed by atoms with Crippen LogP contribution in [0, 0.1) is 0 Å². The highest BCUT2D eigenvalue weighted by atomic mass is 35.5. The van der Waals surface area contributed by atoms with Crippen LogP contribution in [0.4, 0.5) is 0 Å². The number of esters is 1. The maximum atomic E-state index is 12.8. The van der Waals surface area contributed by atoms with E-state index in [2.05, 4.69) is 0 Å². The first-order chi connectivity index (χ1) is 13.1. The van der Waals surface area contributed by atoms with Gasteiger partial charge in [0.2, 0.25) is 0 Å². The summed E-state index contributed by atoms with van der Waals surface area (Å²) in [4.78, 5) is 24.9. The molecule has 0 saturated heterocycles. The second-order valence-electron chi connectivity index (χ2n) is 5.90. The highest BCUT2D eigenvalue weighted by Gasteiger charge is 2.12. The number of benzene rings is 3. The van der Waals surface area contributed by atoms with Gasteiger partial charge in [-0.15, -0.1) is 0 Å². The van der Waals surface area contributed by atoms with Gasteiger partial charge < -0.3 is 9.15 Å². The Morgan fingerprint density at radius 2 is 1.67 bits per heavy atom. The molecule has 0 atom stereocenters. The van der Waals surface area contributed by atoms with Gasteiger partial charge in [-0.05, 0) is 42.0 Å². The third-order valence-electron chi connectivity index (χ3n) is 4.12. The van der Waals surface area contributed by atoms with E-state index in [4.69, 9.17) is 20.8 Å². The van der Waals surface area contributed by atoms with Crippen LogP contribution in [0.1, 0.15) is 10.4 Å². The molecule has 4 aromatic rings. The fourth-order valence-corrected chi connectivity index (χ4v) is 2.87. The van der Waals surface area contributed by atoms with Crippen LogP contribution in [0.15, 0.2) is 88.3 Å². The minimum Gasteiger partial charge on any atom is -0.463 e. The van der Waals surface area contributed by atoms with E-state index in [1.165, 1.54) is 12.3 Å². The molecule has 5 heteroatoms. The first kappa shape index (κ1) is 17.1. The van der Waals surface area contributed by atoms with Crippen LogP contribution in [0.25, 0.3) is 22.1 Å². The lowest BCUT2D eigenvalue weighted by Gasteiger charge is -2.06. The molecule has 1 heterocycles. The van der Waals surface area contributed by atoms with Gasteiger partial charge in [0, 0.05) is 11.1 Å². The average Bonchev–Trinajstić information content (AvgIpc) is 2.70. The molecule has 0 aliphatic heterocycles. The molecule has 0 aliphatic rings. The quantitative estimate of drug-likeness (QED) is 0.358. The van der Waals surface area contributed by atoms with Crippen LogP contribution >= 0.6 is 11.6 Å². The van der Waals surface area contributed by atoms with E-state index >= 15 is 0 Å². The van der Waals surface area contributed by atoms with Crippen LogP contribution < -0.4 is 10.2 Å². The van der Waals surface area contributed by atoms with Gasteiger partial charge in [-0.2, -0.15) is 0 Å². The van der Waals surface area contributed by atoms with Crippen molar-refractivity contribution in [1.29, 1.82) is 0 Å². The number of hydrogen-bond acceptors (Lipinski definition) is 4. The topological polar surface area (TPSA) is 56.5 Å². The summed E-state index contributed by atoms with van der Waals surface area (Å²) in [6, 6.07) is 20.3. The predicted molar refractivity (Wildman–Crippen MR) is 104 cm³/mol. The SMILES string of the molecule is O=C(Oc1ccc2c(=O)c(-c3ccc(Cl)cc3)coc2c1)c1ccccc1. The van der Waals surface area contributed by atoms with Crippen molar-refractivity contribution in [3.05, 3.63) is 99.9 Å². The Bertz CT molecular complexity index is 1180. The largest absolute Gasteiger partial charge is 0.463 e. The first-order valence-corrected chi connectivity index (χ1v) is 8.58. The molecule has 27 heavy (non-hydrogen) atoms. The molecular formula is C22H13ClO4. The molecule has 0 N–H and O–H groups in total. The van der Waals surface area contributed by atoms with Crippen LogP contribution in [0.2, 0.25) is 5.02 Å². The fourth-order valence-electron chi connectivity index (χ4n) is 2.74. The average molecular weight is 377 g/mol. The summed E-state index contributed by atoms with van der Waals surface area (Å²) in [5, 5.41) is 0.996. The maximum absolute atomic E-state index is 12.8. The van der Waals surface area contributed by atoms with Gasteiger partial charge in [-0.25, -0.2) is 4.79 Å². The van der Waals surface area contributed by atoms with Gasteiger partial charge in [0.15, 0.2) is 5.43 Å². The van der Waals surface area contributed by atoms with E-state index in [1.54, 1.807) is 60.7 Å². The highest BCUT2D eigenvalue weighted by molar-refractivity contribution is 6.30. The summed E-state index contributed by atoms with van der Waals surface area (Å²) in [6.45, 7) is 0. The van der Waals surface area contributed by atoms with Gasteiger partial charge in [0.25, 0.3) is 0 Å². The summed E-state index contributed by atoms with van der Waals surface area (Å²) in [7, 11) is 0. The van der Waals surface area contributed by atoms with Crippen molar-refractivity contribution in [2.24, 2.45) is 0 Å². The van der Waals surface area contributed by atoms with Crippen molar-refractivity contribution >= 4 is 28.5 Å². The van der Waals surface area contributed by atoms with E-state index < -0.39 is 5.97 Å². The van der Waals surface area contributed by atoms with Gasteiger partial charge in [-0.1, -0.05) is 41.9 Å². The standard InChI is InChI=1S/C22H13ClO4/c23-16-8-6-14(7-9-16)19-13-26-20-12-17(10-11-18(20)21(19)24)27-22(25)15-4-2-1-3-5-15/h1-13H. The summed E-state index contributed by atoms with van der Waals surface area (Å²) in [5.74, 6) is -0.172. The van der Waals surface area contributed by atoms with Crippen molar-refractivity contribution in [3.63, 3.8) is 0 Å². The molecule has 0 saturated carbocycles. The fraction of sp³-hybridized carbons (Fsp3) is 0. The Kier molecular flexibility index (Phi) is 4.48. The van der Waals surface area contributed by atoms with Crippen LogP contribution in [0.5, 0.6) is 5.75 Å². The van der Waals surface area contributed by atoms with Gasteiger partial charge in [0.1, 0.15) is 17.6 Å². The Labute approximate surface area is 159 Å². The molecule has 4 rings (SSSR count). The zero-order valence-electron chi connectivity index (χ0n) is 14.0. The zero-order valence-corrected chi connectivity index (χ0v) is 14.8. The monoisotopic (exact) mass is 376 g/mol. The summed E-state index contributed by atoms with van der Waals surface area (Å²) < 4.78 is 11.0. The summed E-state index contributed by atoms with van der Waals surface area (Å²) >= 11 is 5.89. The molecule has 3 aromatic carbocycles. The van der Waals surface area contributed by atoms with E-state index in [-0.39, 0.29) is 5.43 Å². The van der Waals surface area contributed by atoms with Crippen molar-refractivity contribution in [3.8, 4) is 16.9 Å². The highest BCUT2D eigenvalue weighted by Crippen LogP contribution is 2.24. The molecule has 0 fully saturated rings. The zero-order chi connectivity index (χ0) is 18.8. The number of carbonyl (C=O) groups is 1. The Morgan fingerprint density at radius 3 is 2.41 bits per heavy atom. The van der Waals surface area contributed by atoms with E-state index in [1.807, 2.05) is 6.07 Å². The Hall–Kier alpha value is -3.37. The predicted octanol–water partition coefficient (Wildman–Crippen LogP) is 5.33. The Balaban J connectivity index is 1.68. The van der Waals surface area contributed by atoms with E-state index in [0.29, 0.717) is 32.9 Å². The maximum Gasteiger partial charge on any atom is 0.343 e. The van der Waals surface area contributed by atoms with E-state index in [0.717, 1.165) is 5.56 Å². The third-order valence-corrected chi connectivity index (χ3v) is 4.37. The normalized spacial score (nSPS) is 10.7. The minimum atomic E-state index is -0.477. The molecule has 0 unspecified atom stereocenters. The van der Waals surface area contributed by atoms with Crippen molar-refractivity contribution < 1.29 is 13.9 Å². The van der Waals surface area contributed by atoms with Crippen molar-refractivity contribution in [1.82, 2.24) is 0 Å². The second-order valence-corrected chi connectivity index (χ2v) is 6.34. The molecule has 1 aromatic heterocycles. The molecule has 0 amide bonds. The molecule has 0 radical (unpaired) electrons. The first-order valence-electron chi connectivity index (χ1n) is 8.20. The molecule has 0 aliphatic carbocycles. The van der Waals surface area contributed by atoms with Crippen LogP contribution in [0.3, 0.4) is 0 Å². The smallest absolute Gasteiger partial charge is 0.343 e. The number of fused-ring (bicyclic) bond motifs is 1. The Morgan fingerprint density at radius 1 is 0.926 bits per heavy atom. The van der Waals surface area contributed by atoms with Gasteiger partial charge in [0.05, 0.1) is 16.5 Å². The van der Waals surface area contributed by atoms with Gasteiger partial charge >= 0.3 is 5.97 Å². The van der Waals surface area contributed by atoms with Gasteiger partial charge in [-0.3, -0.25) is 4.79 Å². The van der Waals surface area contributed by atoms with Crippen molar-refractivity contribution in [2.75, 3.05) is 0 Å². The molecule has 4 nitrogen and oxygen atoms in total. The van der Waals surface area contributed by atoms with Crippen LogP contribution in [-0.4, -0.2) is 5.97 Å². The minimum absolute atomic E-state index is 0.167. The number of carbonyl (C=O) groups excluding carboxylic acids is 1. The number of halogens is 1. The summed E-state index contributed by atoms with van der Waals surface area (Å²) in [6.07, 6.45) is 1.40. The second kappa shape index (κ2) is 7.09. The van der Waals surface area contributed by atoms with Crippen molar-refractivity contribution in [2.45, 2.75) is 0 Å². The lowest BCUT2D eigenvalue weighted by atomic mass is 10.1. The lowest BCUT2D eigenvalue weighted by Crippen LogP contribution is -2.09. The molecule has 132 valence electrons. The number of ether oxygens (including phenoxy) is 1.